The van der Waals surface area contributed by atoms with Gasteiger partial charge in [-0.3, -0.25) is 0 Å². The molecule has 0 N–H and O–H groups in total. The van der Waals surface area contributed by atoms with Crippen LogP contribution >= 0.6 is 0 Å². The summed E-state index contributed by atoms with van der Waals surface area (Å²) in [5, 5.41) is 2.32. The van der Waals surface area contributed by atoms with Gasteiger partial charge in [-0.1, -0.05) is 108 Å². The molecule has 7 aromatic carbocycles. The molecule has 0 spiro atoms. The van der Waals surface area contributed by atoms with Crippen molar-refractivity contribution in [1.82, 2.24) is 4.57 Å². The Balaban J connectivity index is 1.15. The predicted molar refractivity (Wildman–Crippen MR) is 234 cm³/mol. The lowest BCUT2D eigenvalue weighted by Gasteiger charge is -2.34. The van der Waals surface area contributed by atoms with Crippen molar-refractivity contribution < 1.29 is 18.9 Å². The predicted octanol–water partition coefficient (Wildman–Crippen LogP) is 8.83. The molecule has 1 aromatic heterocycles. The summed E-state index contributed by atoms with van der Waals surface area (Å²) in [5.41, 5.74) is 12.5. The molecular weight excluding hydrogens is 700 g/mol. The maximum Gasteiger partial charge on any atom is 0.260 e. The molecule has 5 heterocycles. The highest BCUT2D eigenvalue weighted by Gasteiger charge is 2.43. The molecule has 0 radical (unpaired) electrons. The fourth-order valence-corrected chi connectivity index (χ4v) is 9.66. The van der Waals surface area contributed by atoms with Crippen LogP contribution in [0.25, 0.3) is 27.5 Å². The summed E-state index contributed by atoms with van der Waals surface area (Å²) >= 11 is 0. The van der Waals surface area contributed by atoms with E-state index in [1.807, 2.05) is 12.1 Å². The van der Waals surface area contributed by atoms with E-state index in [4.69, 9.17) is 18.9 Å². The molecule has 274 valence electrons. The molecule has 0 unspecified atom stereocenters. The van der Waals surface area contributed by atoms with E-state index in [2.05, 4.69) is 161 Å². The summed E-state index contributed by atoms with van der Waals surface area (Å²) in [5.74, 6) is 6.87. The Labute approximate surface area is 332 Å². The molecule has 0 atom stereocenters. The second-order valence-electron chi connectivity index (χ2n) is 18.1. The zero-order valence-corrected chi connectivity index (χ0v) is 32.9. The van der Waals surface area contributed by atoms with E-state index in [1.165, 1.54) is 22.1 Å². The minimum atomic E-state index is -0.0564. The second-order valence-corrected chi connectivity index (χ2v) is 18.1. The molecule has 0 aliphatic carbocycles. The first-order chi connectivity index (χ1) is 27.5. The first-order valence-electron chi connectivity index (χ1n) is 20.0. The third-order valence-corrected chi connectivity index (χ3v) is 12.5. The third kappa shape index (κ3) is 4.66. The van der Waals surface area contributed by atoms with Crippen molar-refractivity contribution in [3.8, 4) is 51.7 Å². The molecule has 5 nitrogen and oxygen atoms in total. The highest BCUT2D eigenvalue weighted by molar-refractivity contribution is 6.99. The first-order valence-corrected chi connectivity index (χ1v) is 20.0. The third-order valence-electron chi connectivity index (χ3n) is 12.5. The standard InChI is InChI=1S/C50H39B2NO4/c1-49(2,3)28-18-20-39-33(22-28)51-35-24-31-32-25-36-46(57-44-17-11-15-42-48(44)52(36)34-23-29(50(4,5)6)19-21-40(34)55-42)27-38(32)53(30-12-8-7-9-13-30)37(31)26-45(35)56-43-16-10-14-41(54-39)47(43)51/h7-27H,1-6H3. The highest BCUT2D eigenvalue weighted by Crippen LogP contribution is 2.42. The molecular formula is C50H39B2NO4. The van der Waals surface area contributed by atoms with Crippen molar-refractivity contribution in [2.24, 2.45) is 0 Å². The Kier molecular flexibility index (Phi) is 6.44. The van der Waals surface area contributed by atoms with Crippen LogP contribution in [0.4, 0.5) is 0 Å². The summed E-state index contributed by atoms with van der Waals surface area (Å²) in [6, 6.07) is 45.6. The van der Waals surface area contributed by atoms with Crippen LogP contribution in [0.15, 0.2) is 127 Å². The minimum absolute atomic E-state index is 0.0219. The van der Waals surface area contributed by atoms with Crippen molar-refractivity contribution in [1.29, 1.82) is 0 Å². The van der Waals surface area contributed by atoms with Gasteiger partial charge in [0.15, 0.2) is 0 Å². The zero-order valence-electron chi connectivity index (χ0n) is 32.9. The fraction of sp³-hybridized carbons (Fsp3) is 0.160. The Hall–Kier alpha value is -6.33. The molecule has 0 amide bonds. The molecule has 12 rings (SSSR count). The molecule has 4 aliphatic rings. The molecule has 57 heavy (non-hydrogen) atoms. The Morgan fingerprint density at radius 3 is 1.21 bits per heavy atom. The normalized spacial score (nSPS) is 14.3. The highest BCUT2D eigenvalue weighted by atomic mass is 16.5. The van der Waals surface area contributed by atoms with Gasteiger partial charge in [0.05, 0.1) is 11.0 Å². The van der Waals surface area contributed by atoms with Crippen LogP contribution in [0.5, 0.6) is 46.0 Å². The lowest BCUT2D eigenvalue weighted by atomic mass is 9.34. The van der Waals surface area contributed by atoms with Gasteiger partial charge in [-0.2, -0.15) is 0 Å². The van der Waals surface area contributed by atoms with Gasteiger partial charge in [0, 0.05) is 39.5 Å². The molecule has 8 aromatic rings. The number of rotatable bonds is 1. The number of ether oxygens (including phenoxy) is 4. The quantitative estimate of drug-likeness (QED) is 0.158. The van der Waals surface area contributed by atoms with Gasteiger partial charge in [0.1, 0.15) is 46.0 Å². The Morgan fingerprint density at radius 1 is 0.386 bits per heavy atom. The lowest BCUT2D eigenvalue weighted by molar-refractivity contribution is 0.464. The van der Waals surface area contributed by atoms with Gasteiger partial charge in [0.25, 0.3) is 13.4 Å². The van der Waals surface area contributed by atoms with Crippen LogP contribution in [0.3, 0.4) is 0 Å². The first kappa shape index (κ1) is 32.9. The number of benzene rings is 7. The van der Waals surface area contributed by atoms with Crippen LogP contribution in [0, 0.1) is 0 Å². The number of hydrogen-bond acceptors (Lipinski definition) is 4. The summed E-state index contributed by atoms with van der Waals surface area (Å²) in [6.07, 6.45) is 0. The Morgan fingerprint density at radius 2 is 0.789 bits per heavy atom. The zero-order chi connectivity index (χ0) is 38.5. The molecule has 7 heteroatoms. The Bertz CT molecular complexity index is 2880. The van der Waals surface area contributed by atoms with E-state index in [9.17, 15) is 0 Å². The molecule has 0 fully saturated rings. The maximum absolute atomic E-state index is 6.87. The van der Waals surface area contributed by atoms with Crippen molar-refractivity contribution in [3.63, 3.8) is 0 Å². The number of fused-ring (bicyclic) bond motifs is 11. The van der Waals surface area contributed by atoms with Crippen molar-refractivity contribution in [3.05, 3.63) is 139 Å². The van der Waals surface area contributed by atoms with E-state index in [1.54, 1.807) is 0 Å². The largest absolute Gasteiger partial charge is 0.458 e. The summed E-state index contributed by atoms with van der Waals surface area (Å²) in [6.45, 7) is 13.5. The van der Waals surface area contributed by atoms with Crippen molar-refractivity contribution >= 4 is 68.0 Å². The molecule has 4 aliphatic heterocycles. The van der Waals surface area contributed by atoms with Crippen molar-refractivity contribution in [2.45, 2.75) is 52.4 Å². The van der Waals surface area contributed by atoms with E-state index >= 15 is 0 Å². The average molecular weight is 739 g/mol. The van der Waals surface area contributed by atoms with Gasteiger partial charge in [-0.25, -0.2) is 0 Å². The number of aromatic nitrogens is 1. The second kappa shape index (κ2) is 11.2. The molecule has 0 saturated heterocycles. The van der Waals surface area contributed by atoms with Crippen molar-refractivity contribution in [2.75, 3.05) is 0 Å². The summed E-state index contributed by atoms with van der Waals surface area (Å²) in [7, 11) is 0. The molecule has 0 bridgehead atoms. The van der Waals surface area contributed by atoms with E-state index in [-0.39, 0.29) is 24.3 Å². The van der Waals surface area contributed by atoms with Gasteiger partial charge in [-0.05, 0) is 92.3 Å². The minimum Gasteiger partial charge on any atom is -0.458 e. The van der Waals surface area contributed by atoms with E-state index < -0.39 is 0 Å². The average Bonchev–Trinajstić information content (AvgIpc) is 3.50. The summed E-state index contributed by atoms with van der Waals surface area (Å²) < 4.78 is 29.3. The monoisotopic (exact) mass is 739 g/mol. The topological polar surface area (TPSA) is 41.9 Å². The van der Waals surface area contributed by atoms with Crippen LogP contribution in [0.1, 0.15) is 52.7 Å². The summed E-state index contributed by atoms with van der Waals surface area (Å²) in [4.78, 5) is 0. The van der Waals surface area contributed by atoms with E-state index in [0.29, 0.717) is 0 Å². The van der Waals surface area contributed by atoms with Crippen LogP contribution in [0.2, 0.25) is 0 Å². The SMILES string of the molecule is CC(C)(C)c1ccc2c(c1)B1c3cc4c5cc6c(cc5n(-c5ccccc5)c4cc3Oc3cccc(c31)O2)Oc1cccc2c1B6c1cc(C(C)(C)C)ccc1O2. The smallest absolute Gasteiger partial charge is 0.260 e. The number of hydrogen-bond donors (Lipinski definition) is 0. The van der Waals surface area contributed by atoms with E-state index in [0.717, 1.165) is 95.3 Å². The van der Waals surface area contributed by atoms with Crippen LogP contribution in [-0.4, -0.2) is 18.0 Å². The number of nitrogens with zero attached hydrogens (tertiary/aromatic N) is 1. The lowest BCUT2D eigenvalue weighted by Crippen LogP contribution is -2.57. The van der Waals surface area contributed by atoms with Gasteiger partial charge >= 0.3 is 0 Å². The van der Waals surface area contributed by atoms with Gasteiger partial charge < -0.3 is 23.5 Å². The fourth-order valence-electron chi connectivity index (χ4n) is 9.66. The van der Waals surface area contributed by atoms with Crippen LogP contribution in [-0.2, 0) is 10.8 Å². The van der Waals surface area contributed by atoms with Gasteiger partial charge in [-0.15, -0.1) is 0 Å². The number of para-hydroxylation sites is 1. The molecule has 0 saturated carbocycles. The van der Waals surface area contributed by atoms with Gasteiger partial charge in [0.2, 0.25) is 0 Å². The van der Waals surface area contributed by atoms with Crippen LogP contribution < -0.4 is 51.7 Å². The maximum atomic E-state index is 6.87.